The van der Waals surface area contributed by atoms with Gasteiger partial charge in [-0.15, -0.1) is 0 Å². The van der Waals surface area contributed by atoms with Gasteiger partial charge < -0.3 is 5.32 Å². The number of nitrogens with one attached hydrogen (secondary N) is 1. The predicted molar refractivity (Wildman–Crippen MR) is 111 cm³/mol. The minimum Gasteiger partial charge on any atom is -0.350 e. The molecule has 0 aliphatic heterocycles. The lowest BCUT2D eigenvalue weighted by molar-refractivity contribution is 0.0939. The topological polar surface area (TPSA) is 66.5 Å². The molecule has 0 aliphatic carbocycles. The first kappa shape index (κ1) is 21.0. The molecule has 0 heterocycles. The molecule has 0 spiro atoms. The van der Waals surface area contributed by atoms with Gasteiger partial charge in [-0.25, -0.2) is 8.42 Å². The second-order valence-corrected chi connectivity index (χ2v) is 8.90. The van der Waals surface area contributed by atoms with Crippen molar-refractivity contribution in [1.82, 2.24) is 5.32 Å². The highest BCUT2D eigenvalue weighted by atomic mass is 32.2. The largest absolute Gasteiger partial charge is 0.350 e. The number of hydrogen-bond donors (Lipinski definition) is 1. The zero-order valence-electron chi connectivity index (χ0n) is 16.6. The van der Waals surface area contributed by atoms with Crippen LogP contribution < -0.4 is 9.62 Å². The molecule has 27 heavy (non-hydrogen) atoms. The minimum atomic E-state index is -3.45. The summed E-state index contributed by atoms with van der Waals surface area (Å²) < 4.78 is 26.3. The van der Waals surface area contributed by atoms with E-state index in [1.54, 1.807) is 24.3 Å². The van der Waals surface area contributed by atoms with Gasteiger partial charge in [0.05, 0.1) is 18.5 Å². The Morgan fingerprint density at radius 2 is 1.63 bits per heavy atom. The lowest BCUT2D eigenvalue weighted by Crippen LogP contribution is -2.32. The molecule has 5 nitrogen and oxygen atoms in total. The van der Waals surface area contributed by atoms with Gasteiger partial charge in [0.25, 0.3) is 5.91 Å². The van der Waals surface area contributed by atoms with Gasteiger partial charge in [0.15, 0.2) is 0 Å². The number of benzene rings is 2. The molecule has 0 aliphatic rings. The monoisotopic (exact) mass is 388 g/mol. The van der Waals surface area contributed by atoms with Crippen LogP contribution in [-0.2, 0) is 16.6 Å². The Hall–Kier alpha value is -2.34. The van der Waals surface area contributed by atoms with Gasteiger partial charge in [-0.1, -0.05) is 37.3 Å². The molecule has 0 radical (unpaired) electrons. The number of carbonyl (C=O) groups excluding carboxylic acids is 1. The van der Waals surface area contributed by atoms with Crippen LogP contribution in [0.1, 0.15) is 47.3 Å². The van der Waals surface area contributed by atoms with Crippen LogP contribution >= 0.6 is 0 Å². The average molecular weight is 389 g/mol. The fraction of sp³-hybridized carbons (Fsp3) is 0.381. The first-order chi connectivity index (χ1) is 12.6. The van der Waals surface area contributed by atoms with Gasteiger partial charge in [0.2, 0.25) is 10.0 Å². The van der Waals surface area contributed by atoms with Gasteiger partial charge >= 0.3 is 0 Å². The van der Waals surface area contributed by atoms with Crippen molar-refractivity contribution in [2.75, 3.05) is 10.6 Å². The number of anilines is 1. The second-order valence-electron chi connectivity index (χ2n) is 6.99. The average Bonchev–Trinajstić information content (AvgIpc) is 2.60. The summed E-state index contributed by atoms with van der Waals surface area (Å²) in [7, 11) is -3.45. The SMILES string of the molecule is CCC(C)NC(=O)c1ccc(CN(c2c(C)cccc2C)S(C)(=O)=O)cc1. The van der Waals surface area contributed by atoms with Gasteiger partial charge in [0.1, 0.15) is 0 Å². The quantitative estimate of drug-likeness (QED) is 0.785. The van der Waals surface area contributed by atoms with Crippen LogP contribution in [-0.4, -0.2) is 26.6 Å². The maximum atomic E-state index is 12.4. The zero-order chi connectivity index (χ0) is 20.2. The molecule has 1 unspecified atom stereocenters. The molecule has 2 rings (SSSR count). The number of hydrogen-bond acceptors (Lipinski definition) is 3. The molecule has 1 N–H and O–H groups in total. The fourth-order valence-electron chi connectivity index (χ4n) is 2.90. The Labute approximate surface area is 162 Å². The summed E-state index contributed by atoms with van der Waals surface area (Å²) in [4.78, 5) is 12.2. The van der Waals surface area contributed by atoms with E-state index in [0.717, 1.165) is 23.1 Å². The summed E-state index contributed by atoms with van der Waals surface area (Å²) in [6, 6.07) is 12.9. The fourth-order valence-corrected chi connectivity index (χ4v) is 3.90. The van der Waals surface area contributed by atoms with Gasteiger partial charge in [0, 0.05) is 11.6 Å². The number of amides is 1. The summed E-state index contributed by atoms with van der Waals surface area (Å²) in [6.07, 6.45) is 2.08. The molecule has 6 heteroatoms. The van der Waals surface area contributed by atoms with Gasteiger partial charge in [-0.2, -0.15) is 0 Å². The summed E-state index contributed by atoms with van der Waals surface area (Å²) >= 11 is 0. The maximum absolute atomic E-state index is 12.4. The van der Waals surface area contributed by atoms with Crippen molar-refractivity contribution in [2.45, 2.75) is 46.7 Å². The van der Waals surface area contributed by atoms with Crippen molar-refractivity contribution >= 4 is 21.6 Å². The Balaban J connectivity index is 2.28. The first-order valence-electron chi connectivity index (χ1n) is 9.07. The number of nitrogens with zero attached hydrogens (tertiary/aromatic N) is 1. The predicted octanol–water partition coefficient (Wildman–Crippen LogP) is 3.80. The molecular weight excluding hydrogens is 360 g/mol. The van der Waals surface area contributed by atoms with E-state index in [4.69, 9.17) is 0 Å². The van der Waals surface area contributed by atoms with Crippen LogP contribution in [0.25, 0.3) is 0 Å². The molecule has 1 atom stereocenters. The number of aryl methyl sites for hydroxylation is 2. The molecule has 2 aromatic rings. The van der Waals surface area contributed by atoms with Crippen LogP contribution in [0, 0.1) is 13.8 Å². The molecule has 146 valence electrons. The lowest BCUT2D eigenvalue weighted by Gasteiger charge is -2.26. The summed E-state index contributed by atoms with van der Waals surface area (Å²) in [6.45, 7) is 8.01. The lowest BCUT2D eigenvalue weighted by atomic mass is 10.1. The smallest absolute Gasteiger partial charge is 0.251 e. The van der Waals surface area contributed by atoms with E-state index in [0.29, 0.717) is 11.3 Å². The summed E-state index contributed by atoms with van der Waals surface area (Å²) in [5, 5.41) is 2.93. The standard InChI is InChI=1S/C21H28N2O3S/c1-6-17(4)22-21(24)19-12-10-18(11-13-19)14-23(27(5,25)26)20-15(2)8-7-9-16(20)3/h7-13,17H,6,14H2,1-5H3,(H,22,24). The number of carbonyl (C=O) groups is 1. The van der Waals surface area contributed by atoms with E-state index in [1.807, 2.05) is 45.9 Å². The molecule has 0 aromatic heterocycles. The summed E-state index contributed by atoms with van der Waals surface area (Å²) in [5.41, 5.74) is 3.91. The molecule has 0 saturated heterocycles. The van der Waals surface area contributed by atoms with Crippen molar-refractivity contribution in [3.8, 4) is 0 Å². The van der Waals surface area contributed by atoms with E-state index in [1.165, 1.54) is 10.6 Å². The molecule has 2 aromatic carbocycles. The van der Waals surface area contributed by atoms with Crippen LogP contribution in [0.3, 0.4) is 0 Å². The molecule has 0 fully saturated rings. The molecule has 1 amide bonds. The Kier molecular flexibility index (Phi) is 6.65. The Morgan fingerprint density at radius 3 is 2.11 bits per heavy atom. The molecular formula is C21H28N2O3S. The third-order valence-electron chi connectivity index (χ3n) is 4.62. The number of rotatable bonds is 7. The second kappa shape index (κ2) is 8.57. The van der Waals surface area contributed by atoms with E-state index in [9.17, 15) is 13.2 Å². The third kappa shape index (κ3) is 5.32. The molecule has 0 saturated carbocycles. The zero-order valence-corrected chi connectivity index (χ0v) is 17.4. The normalized spacial score (nSPS) is 12.5. The Morgan fingerprint density at radius 1 is 1.07 bits per heavy atom. The molecule has 0 bridgehead atoms. The van der Waals surface area contributed by atoms with Crippen molar-refractivity contribution in [3.63, 3.8) is 0 Å². The van der Waals surface area contributed by atoms with Crippen LogP contribution in [0.15, 0.2) is 42.5 Å². The van der Waals surface area contributed by atoms with Crippen molar-refractivity contribution in [1.29, 1.82) is 0 Å². The highest BCUT2D eigenvalue weighted by Gasteiger charge is 2.21. The number of sulfonamides is 1. The van der Waals surface area contributed by atoms with Crippen LogP contribution in [0.5, 0.6) is 0 Å². The maximum Gasteiger partial charge on any atom is 0.251 e. The van der Waals surface area contributed by atoms with Crippen molar-refractivity contribution in [2.24, 2.45) is 0 Å². The van der Waals surface area contributed by atoms with E-state index in [-0.39, 0.29) is 18.5 Å². The number of para-hydroxylation sites is 1. The van der Waals surface area contributed by atoms with Crippen molar-refractivity contribution < 1.29 is 13.2 Å². The third-order valence-corrected chi connectivity index (χ3v) is 5.73. The summed E-state index contributed by atoms with van der Waals surface area (Å²) in [5.74, 6) is -0.120. The minimum absolute atomic E-state index is 0.113. The van der Waals surface area contributed by atoms with Crippen molar-refractivity contribution in [3.05, 3.63) is 64.7 Å². The Bertz CT molecular complexity index is 885. The van der Waals surface area contributed by atoms with Crippen LogP contribution in [0.2, 0.25) is 0 Å². The van der Waals surface area contributed by atoms with Gasteiger partial charge in [-0.05, 0) is 56.0 Å². The van der Waals surface area contributed by atoms with E-state index < -0.39 is 10.0 Å². The van der Waals surface area contributed by atoms with E-state index >= 15 is 0 Å². The highest BCUT2D eigenvalue weighted by Crippen LogP contribution is 2.28. The highest BCUT2D eigenvalue weighted by molar-refractivity contribution is 7.92. The van der Waals surface area contributed by atoms with Gasteiger partial charge in [-0.3, -0.25) is 9.10 Å². The van der Waals surface area contributed by atoms with E-state index in [2.05, 4.69) is 5.32 Å². The first-order valence-corrected chi connectivity index (χ1v) is 10.9. The van der Waals surface area contributed by atoms with Crippen LogP contribution in [0.4, 0.5) is 5.69 Å².